The van der Waals surface area contributed by atoms with Gasteiger partial charge in [0.1, 0.15) is 10.6 Å². The van der Waals surface area contributed by atoms with E-state index in [1.807, 2.05) is 13.8 Å². The first-order chi connectivity index (χ1) is 12.2. The highest BCUT2D eigenvalue weighted by molar-refractivity contribution is 7.89. The molecule has 1 aliphatic rings. The van der Waals surface area contributed by atoms with Crippen molar-refractivity contribution in [3.63, 3.8) is 0 Å². The number of halogens is 1. The number of amides is 1. The maximum Gasteiger partial charge on any atom is 0.248 e. The highest BCUT2D eigenvalue weighted by atomic mass is 35.5. The summed E-state index contributed by atoms with van der Waals surface area (Å²) in [5.41, 5.74) is 5.84. The van der Waals surface area contributed by atoms with Gasteiger partial charge in [0.25, 0.3) is 0 Å². The number of rotatable bonds is 7. The molecule has 2 heterocycles. The van der Waals surface area contributed by atoms with Crippen molar-refractivity contribution in [1.82, 2.24) is 14.8 Å². The number of carbonyl (C=O) groups excluding carboxylic acids is 1. The fourth-order valence-electron chi connectivity index (χ4n) is 3.46. The van der Waals surface area contributed by atoms with Gasteiger partial charge in [-0.15, -0.1) is 12.4 Å². The van der Waals surface area contributed by atoms with Crippen LogP contribution in [0.15, 0.2) is 9.42 Å². The van der Waals surface area contributed by atoms with Gasteiger partial charge in [-0.3, -0.25) is 4.79 Å². The van der Waals surface area contributed by atoms with Crippen LogP contribution < -0.4 is 11.1 Å². The topological polar surface area (TPSA) is 119 Å². The third-order valence-electron chi connectivity index (χ3n) is 5.52. The van der Waals surface area contributed by atoms with E-state index in [1.54, 1.807) is 13.8 Å². The summed E-state index contributed by atoms with van der Waals surface area (Å²) in [7, 11) is -3.65. The van der Waals surface area contributed by atoms with Gasteiger partial charge in [-0.05, 0) is 39.5 Å². The molecular weight excluding hydrogens is 392 g/mol. The second kappa shape index (κ2) is 9.36. The highest BCUT2D eigenvalue weighted by Gasteiger charge is 2.37. The molecule has 1 amide bonds. The Morgan fingerprint density at radius 2 is 1.85 bits per heavy atom. The lowest BCUT2D eigenvalue weighted by molar-refractivity contribution is -0.128. The van der Waals surface area contributed by atoms with Crippen LogP contribution in [-0.4, -0.2) is 49.0 Å². The molecule has 1 aliphatic heterocycles. The van der Waals surface area contributed by atoms with Crippen molar-refractivity contribution >= 4 is 28.3 Å². The molecule has 1 saturated heterocycles. The Hall–Kier alpha value is -1.16. The molecule has 1 aromatic heterocycles. The number of hydrogen-bond donors (Lipinski definition) is 2. The summed E-state index contributed by atoms with van der Waals surface area (Å²) in [6.45, 7) is 8.23. The zero-order chi connectivity index (χ0) is 19.5. The van der Waals surface area contributed by atoms with Crippen LogP contribution >= 0.6 is 12.4 Å². The van der Waals surface area contributed by atoms with Gasteiger partial charge in [-0.2, -0.15) is 4.31 Å². The standard InChI is InChI=1S/C17H30N4O4S.ClH/c1-5-17(6-2,11-18)19-16(22)14-7-9-21(10-8-14)26(23,24)15-12(3)20-25-13(15)4;/h14H,5-11,18H2,1-4H3,(H,19,22);1H. The van der Waals surface area contributed by atoms with Crippen molar-refractivity contribution in [2.75, 3.05) is 19.6 Å². The fraction of sp³-hybridized carbons (Fsp3) is 0.765. The number of nitrogens with zero attached hydrogens (tertiary/aromatic N) is 2. The molecule has 156 valence electrons. The first-order valence-corrected chi connectivity index (χ1v) is 10.6. The van der Waals surface area contributed by atoms with Crippen LogP contribution in [0.3, 0.4) is 0 Å². The Bertz CT molecular complexity index is 710. The summed E-state index contributed by atoms with van der Waals surface area (Å²) in [5.74, 6) is 0.0599. The molecule has 0 radical (unpaired) electrons. The molecule has 0 unspecified atom stereocenters. The number of hydrogen-bond acceptors (Lipinski definition) is 6. The lowest BCUT2D eigenvalue weighted by Crippen LogP contribution is -2.55. The van der Waals surface area contributed by atoms with E-state index >= 15 is 0 Å². The van der Waals surface area contributed by atoms with E-state index in [-0.39, 0.29) is 34.7 Å². The first-order valence-electron chi connectivity index (χ1n) is 9.16. The van der Waals surface area contributed by atoms with E-state index in [4.69, 9.17) is 10.3 Å². The smallest absolute Gasteiger partial charge is 0.248 e. The van der Waals surface area contributed by atoms with Crippen LogP contribution in [0.4, 0.5) is 0 Å². The number of piperidine rings is 1. The second-order valence-electron chi connectivity index (χ2n) is 7.01. The second-order valence-corrected chi connectivity index (χ2v) is 8.89. The molecule has 1 fully saturated rings. The molecule has 0 aliphatic carbocycles. The van der Waals surface area contributed by atoms with Gasteiger partial charge < -0.3 is 15.6 Å². The molecule has 0 aromatic carbocycles. The SMILES string of the molecule is CCC(CC)(CN)NC(=O)C1CCN(S(=O)(=O)c2c(C)noc2C)CC1.Cl. The van der Waals surface area contributed by atoms with E-state index in [9.17, 15) is 13.2 Å². The maximum atomic E-state index is 12.8. The van der Waals surface area contributed by atoms with E-state index in [0.717, 1.165) is 12.8 Å². The van der Waals surface area contributed by atoms with Gasteiger partial charge in [-0.25, -0.2) is 8.42 Å². The largest absolute Gasteiger partial charge is 0.360 e. The number of nitrogens with two attached hydrogens (primary N) is 1. The van der Waals surface area contributed by atoms with Crippen LogP contribution in [0.1, 0.15) is 51.0 Å². The zero-order valence-electron chi connectivity index (χ0n) is 16.4. The normalized spacial score (nSPS) is 16.8. The number of carbonyl (C=O) groups is 1. The van der Waals surface area contributed by atoms with Crippen LogP contribution in [0.5, 0.6) is 0 Å². The highest BCUT2D eigenvalue weighted by Crippen LogP contribution is 2.28. The Balaban J connectivity index is 0.00000364. The van der Waals surface area contributed by atoms with Crippen molar-refractivity contribution < 1.29 is 17.7 Å². The van der Waals surface area contributed by atoms with Gasteiger partial charge in [0, 0.05) is 25.6 Å². The van der Waals surface area contributed by atoms with Crippen molar-refractivity contribution in [1.29, 1.82) is 0 Å². The van der Waals surface area contributed by atoms with Gasteiger partial charge in [0.05, 0.1) is 5.54 Å². The predicted octanol–water partition coefficient (Wildman–Crippen LogP) is 1.75. The van der Waals surface area contributed by atoms with E-state index in [1.165, 1.54) is 4.31 Å². The van der Waals surface area contributed by atoms with Crippen LogP contribution in [0, 0.1) is 19.8 Å². The summed E-state index contributed by atoms with van der Waals surface area (Å²) in [6, 6.07) is 0. The summed E-state index contributed by atoms with van der Waals surface area (Å²) < 4.78 is 32.1. The molecule has 10 heteroatoms. The number of aryl methyl sites for hydroxylation is 2. The molecule has 0 bridgehead atoms. The van der Waals surface area contributed by atoms with Gasteiger partial charge in [0.15, 0.2) is 5.76 Å². The van der Waals surface area contributed by atoms with E-state index in [0.29, 0.717) is 43.9 Å². The fourth-order valence-corrected chi connectivity index (χ4v) is 5.22. The quantitative estimate of drug-likeness (QED) is 0.690. The van der Waals surface area contributed by atoms with E-state index in [2.05, 4.69) is 10.5 Å². The number of aromatic nitrogens is 1. The molecule has 0 spiro atoms. The molecular formula is C17H31ClN4O4S. The minimum atomic E-state index is -3.65. The average molecular weight is 423 g/mol. The molecule has 2 rings (SSSR count). The molecule has 3 N–H and O–H groups in total. The zero-order valence-corrected chi connectivity index (χ0v) is 18.1. The van der Waals surface area contributed by atoms with Crippen LogP contribution in [0.2, 0.25) is 0 Å². The third-order valence-corrected chi connectivity index (χ3v) is 7.67. The van der Waals surface area contributed by atoms with Gasteiger partial charge >= 0.3 is 0 Å². The Labute approximate surface area is 167 Å². The molecule has 0 saturated carbocycles. The third kappa shape index (κ3) is 4.82. The maximum absolute atomic E-state index is 12.8. The summed E-state index contributed by atoms with van der Waals surface area (Å²) in [6.07, 6.45) is 2.51. The van der Waals surface area contributed by atoms with Crippen molar-refractivity contribution in [3.8, 4) is 0 Å². The summed E-state index contributed by atoms with van der Waals surface area (Å²) >= 11 is 0. The first kappa shape index (κ1) is 23.9. The van der Waals surface area contributed by atoms with Crippen LogP contribution in [0.25, 0.3) is 0 Å². The molecule has 1 aromatic rings. The number of sulfonamides is 1. The Morgan fingerprint density at radius 1 is 1.30 bits per heavy atom. The number of nitrogens with one attached hydrogen (secondary N) is 1. The monoisotopic (exact) mass is 422 g/mol. The lowest BCUT2D eigenvalue weighted by atomic mass is 9.90. The summed E-state index contributed by atoms with van der Waals surface area (Å²) in [5, 5.41) is 6.82. The Kier molecular flexibility index (Phi) is 8.28. The van der Waals surface area contributed by atoms with Crippen molar-refractivity contribution in [2.24, 2.45) is 11.7 Å². The lowest BCUT2D eigenvalue weighted by Gasteiger charge is -2.35. The van der Waals surface area contributed by atoms with Crippen molar-refractivity contribution in [3.05, 3.63) is 11.5 Å². The molecule has 8 nitrogen and oxygen atoms in total. The van der Waals surface area contributed by atoms with Gasteiger partial charge in [-0.1, -0.05) is 19.0 Å². The molecule has 27 heavy (non-hydrogen) atoms. The van der Waals surface area contributed by atoms with Gasteiger partial charge in [0.2, 0.25) is 15.9 Å². The minimum absolute atomic E-state index is 0. The Morgan fingerprint density at radius 3 is 2.26 bits per heavy atom. The minimum Gasteiger partial charge on any atom is -0.360 e. The predicted molar refractivity (Wildman–Crippen MR) is 105 cm³/mol. The average Bonchev–Trinajstić information content (AvgIpc) is 2.99. The molecule has 0 atom stereocenters. The van der Waals surface area contributed by atoms with Crippen LogP contribution in [-0.2, 0) is 14.8 Å². The van der Waals surface area contributed by atoms with Crippen molar-refractivity contribution in [2.45, 2.75) is 63.8 Å². The summed E-state index contributed by atoms with van der Waals surface area (Å²) in [4.78, 5) is 12.8. The van der Waals surface area contributed by atoms with E-state index < -0.39 is 10.0 Å².